The van der Waals surface area contributed by atoms with E-state index in [0.717, 1.165) is 0 Å². The van der Waals surface area contributed by atoms with Crippen molar-refractivity contribution in [3.05, 3.63) is 28.6 Å². The second-order valence-corrected chi connectivity index (χ2v) is 6.41. The fourth-order valence-corrected chi connectivity index (χ4v) is 2.33. The molecule has 0 unspecified atom stereocenters. The Morgan fingerprint density at radius 1 is 1.36 bits per heavy atom. The number of pyridine rings is 1. The number of carbonyl (C=O) groups excluding carboxylic acids is 1. The van der Waals surface area contributed by atoms with Crippen LogP contribution in [0.1, 0.15) is 20.8 Å². The highest BCUT2D eigenvalue weighted by Gasteiger charge is 2.18. The van der Waals surface area contributed by atoms with Gasteiger partial charge in [0.25, 0.3) is 0 Å². The summed E-state index contributed by atoms with van der Waals surface area (Å²) < 4.78 is 24.7. The smallest absolute Gasteiger partial charge is 0.412 e. The van der Waals surface area contributed by atoms with Gasteiger partial charge in [0.15, 0.2) is 5.82 Å². The number of amides is 1. The standard InChI is InChI=1S/C15H16BrFN2O3/c1-15(2,3)22-14(20)19-11-7-18-13-9(12(11)16)5-8(21-4)6-10(13)17/h5-7H,1-4H3,(H,19,20). The zero-order chi connectivity index (χ0) is 16.5. The number of hydrogen-bond donors (Lipinski definition) is 1. The maximum absolute atomic E-state index is 14.0. The number of fused-ring (bicyclic) bond motifs is 1. The zero-order valence-corrected chi connectivity index (χ0v) is 14.2. The molecule has 0 spiro atoms. The Bertz CT molecular complexity index is 729. The number of ether oxygens (including phenoxy) is 2. The molecule has 7 heteroatoms. The highest BCUT2D eigenvalue weighted by atomic mass is 79.9. The summed E-state index contributed by atoms with van der Waals surface area (Å²) in [5.41, 5.74) is -0.0484. The van der Waals surface area contributed by atoms with Gasteiger partial charge in [-0.2, -0.15) is 0 Å². The Morgan fingerprint density at radius 3 is 2.64 bits per heavy atom. The van der Waals surface area contributed by atoms with Gasteiger partial charge in [-0.3, -0.25) is 10.3 Å². The molecule has 0 bridgehead atoms. The van der Waals surface area contributed by atoms with Gasteiger partial charge in [0.1, 0.15) is 16.9 Å². The molecule has 22 heavy (non-hydrogen) atoms. The number of nitrogens with zero attached hydrogens (tertiary/aromatic N) is 1. The van der Waals surface area contributed by atoms with Crippen LogP contribution in [0.15, 0.2) is 22.8 Å². The molecule has 0 saturated carbocycles. The largest absolute Gasteiger partial charge is 0.497 e. The van der Waals surface area contributed by atoms with Crippen molar-refractivity contribution in [2.24, 2.45) is 0 Å². The quantitative estimate of drug-likeness (QED) is 0.845. The van der Waals surface area contributed by atoms with Crippen LogP contribution in [0.5, 0.6) is 5.75 Å². The molecule has 0 fully saturated rings. The van der Waals surface area contributed by atoms with E-state index >= 15 is 0 Å². The molecule has 1 aromatic carbocycles. The average Bonchev–Trinajstić information content (AvgIpc) is 2.40. The molecule has 0 saturated heterocycles. The molecular weight excluding hydrogens is 355 g/mol. The van der Waals surface area contributed by atoms with E-state index in [2.05, 4.69) is 26.2 Å². The summed E-state index contributed by atoms with van der Waals surface area (Å²) in [6.45, 7) is 5.29. The lowest BCUT2D eigenvalue weighted by Crippen LogP contribution is -2.27. The summed E-state index contributed by atoms with van der Waals surface area (Å²) in [6, 6.07) is 2.89. The molecule has 0 aliphatic heterocycles. The van der Waals surface area contributed by atoms with Crippen LogP contribution in [0.2, 0.25) is 0 Å². The van der Waals surface area contributed by atoms with Crippen LogP contribution in [0.4, 0.5) is 14.9 Å². The highest BCUT2D eigenvalue weighted by molar-refractivity contribution is 9.10. The highest BCUT2D eigenvalue weighted by Crippen LogP contribution is 2.33. The lowest BCUT2D eigenvalue weighted by molar-refractivity contribution is 0.0636. The predicted molar refractivity (Wildman–Crippen MR) is 85.8 cm³/mol. The topological polar surface area (TPSA) is 60.5 Å². The van der Waals surface area contributed by atoms with Crippen molar-refractivity contribution in [2.45, 2.75) is 26.4 Å². The molecule has 1 N–H and O–H groups in total. The molecule has 118 valence electrons. The molecule has 0 atom stereocenters. The summed E-state index contributed by atoms with van der Waals surface area (Å²) in [4.78, 5) is 15.9. The lowest BCUT2D eigenvalue weighted by atomic mass is 10.2. The van der Waals surface area contributed by atoms with Gasteiger partial charge in [0.2, 0.25) is 0 Å². The number of halogens is 2. The number of anilines is 1. The molecule has 1 aromatic heterocycles. The summed E-state index contributed by atoms with van der Waals surface area (Å²) in [6.07, 6.45) is 0.754. The van der Waals surface area contributed by atoms with Crippen LogP contribution in [-0.2, 0) is 4.74 Å². The molecule has 0 aliphatic carbocycles. The number of rotatable bonds is 2. The van der Waals surface area contributed by atoms with Crippen molar-refractivity contribution < 1.29 is 18.7 Å². The van der Waals surface area contributed by atoms with Gasteiger partial charge >= 0.3 is 6.09 Å². The van der Waals surface area contributed by atoms with E-state index in [9.17, 15) is 9.18 Å². The zero-order valence-electron chi connectivity index (χ0n) is 12.7. The molecule has 0 aliphatic rings. The number of hydrogen-bond acceptors (Lipinski definition) is 4. The number of nitrogens with one attached hydrogen (secondary N) is 1. The maximum atomic E-state index is 14.0. The van der Waals surface area contributed by atoms with Gasteiger partial charge < -0.3 is 9.47 Å². The van der Waals surface area contributed by atoms with Crippen molar-refractivity contribution in [3.8, 4) is 5.75 Å². The Kier molecular flexibility index (Phi) is 4.55. The third kappa shape index (κ3) is 3.65. The van der Waals surface area contributed by atoms with E-state index in [-0.39, 0.29) is 5.52 Å². The minimum Gasteiger partial charge on any atom is -0.497 e. The monoisotopic (exact) mass is 370 g/mol. The summed E-state index contributed by atoms with van der Waals surface area (Å²) in [7, 11) is 1.45. The first-order valence-corrected chi connectivity index (χ1v) is 7.32. The van der Waals surface area contributed by atoms with Crippen LogP contribution in [0.25, 0.3) is 10.9 Å². The molecule has 0 radical (unpaired) electrons. The number of carbonyl (C=O) groups is 1. The number of methoxy groups -OCH3 is 1. The van der Waals surface area contributed by atoms with E-state index in [4.69, 9.17) is 9.47 Å². The molecule has 2 rings (SSSR count). The third-order valence-corrected chi connectivity index (χ3v) is 3.56. The normalized spacial score (nSPS) is 11.4. The van der Waals surface area contributed by atoms with Gasteiger partial charge in [0, 0.05) is 11.5 Å². The van der Waals surface area contributed by atoms with E-state index in [0.29, 0.717) is 21.3 Å². The van der Waals surface area contributed by atoms with E-state index < -0.39 is 17.5 Å². The maximum Gasteiger partial charge on any atom is 0.412 e. The van der Waals surface area contributed by atoms with Crippen molar-refractivity contribution in [3.63, 3.8) is 0 Å². The van der Waals surface area contributed by atoms with Crippen molar-refractivity contribution in [1.29, 1.82) is 0 Å². The van der Waals surface area contributed by atoms with Crippen LogP contribution < -0.4 is 10.1 Å². The lowest BCUT2D eigenvalue weighted by Gasteiger charge is -2.20. The van der Waals surface area contributed by atoms with E-state index in [1.807, 2.05) is 0 Å². The fraction of sp³-hybridized carbons (Fsp3) is 0.333. The average molecular weight is 371 g/mol. The van der Waals surface area contributed by atoms with Gasteiger partial charge in [-0.25, -0.2) is 9.18 Å². The summed E-state index contributed by atoms with van der Waals surface area (Å²) in [5.74, 6) is -0.138. The molecule has 2 aromatic rings. The van der Waals surface area contributed by atoms with Gasteiger partial charge in [-0.15, -0.1) is 0 Å². The van der Waals surface area contributed by atoms with Gasteiger partial charge in [-0.1, -0.05) is 0 Å². The number of benzene rings is 1. The molecule has 1 heterocycles. The first kappa shape index (κ1) is 16.5. The third-order valence-electron chi connectivity index (χ3n) is 2.70. The van der Waals surface area contributed by atoms with Crippen molar-refractivity contribution >= 4 is 38.6 Å². The summed E-state index contributed by atoms with van der Waals surface area (Å²) in [5, 5.41) is 3.07. The summed E-state index contributed by atoms with van der Waals surface area (Å²) >= 11 is 3.36. The Hall–Kier alpha value is -1.89. The van der Waals surface area contributed by atoms with Gasteiger partial charge in [0.05, 0.1) is 23.5 Å². The minimum atomic E-state index is -0.615. The van der Waals surface area contributed by atoms with Gasteiger partial charge in [-0.05, 0) is 42.8 Å². The SMILES string of the molecule is COc1cc(F)c2ncc(NC(=O)OC(C)(C)C)c(Br)c2c1. The molecular formula is C15H16BrFN2O3. The van der Waals surface area contributed by atoms with Crippen molar-refractivity contribution in [1.82, 2.24) is 4.98 Å². The second-order valence-electron chi connectivity index (χ2n) is 5.62. The fourth-order valence-electron chi connectivity index (χ4n) is 1.82. The van der Waals surface area contributed by atoms with Crippen LogP contribution >= 0.6 is 15.9 Å². The second kappa shape index (κ2) is 6.08. The first-order valence-electron chi connectivity index (χ1n) is 6.53. The van der Waals surface area contributed by atoms with Crippen molar-refractivity contribution in [2.75, 3.05) is 12.4 Å². The first-order chi connectivity index (χ1) is 10.2. The molecule has 5 nitrogen and oxygen atoms in total. The van der Waals surface area contributed by atoms with E-state index in [1.54, 1.807) is 26.8 Å². The predicted octanol–water partition coefficient (Wildman–Crippen LogP) is 4.49. The van der Waals surface area contributed by atoms with E-state index in [1.165, 1.54) is 19.4 Å². The minimum absolute atomic E-state index is 0.183. The Morgan fingerprint density at radius 2 is 2.05 bits per heavy atom. The molecule has 1 amide bonds. The Balaban J connectivity index is 2.40. The van der Waals surface area contributed by atoms with Crippen LogP contribution in [0, 0.1) is 5.82 Å². The van der Waals surface area contributed by atoms with Crippen LogP contribution in [0.3, 0.4) is 0 Å². The number of aromatic nitrogens is 1. The van der Waals surface area contributed by atoms with Crippen LogP contribution in [-0.4, -0.2) is 23.8 Å². The Labute approximate surface area is 135 Å².